The van der Waals surface area contributed by atoms with Crippen LogP contribution in [0.3, 0.4) is 0 Å². The van der Waals surface area contributed by atoms with Gasteiger partial charge in [-0.25, -0.2) is 0 Å². The Morgan fingerprint density at radius 3 is 2.41 bits per heavy atom. The van der Waals surface area contributed by atoms with E-state index < -0.39 is 0 Å². The number of phenolic OH excluding ortho intramolecular Hbond substituents is 1. The van der Waals surface area contributed by atoms with Gasteiger partial charge < -0.3 is 15.5 Å². The second kappa shape index (κ2) is 4.52. The number of anilines is 1. The Kier molecular flexibility index (Phi) is 2.91. The minimum absolute atomic E-state index is 0.0663. The van der Waals surface area contributed by atoms with E-state index in [4.69, 9.17) is 5.11 Å². The molecule has 0 bridgehead atoms. The number of nitrogens with one attached hydrogen (secondary N) is 1. The average molecular weight is 230 g/mol. The third-order valence-electron chi connectivity index (χ3n) is 2.11. The highest BCUT2D eigenvalue weighted by atomic mass is 16.3. The second-order valence-electron chi connectivity index (χ2n) is 3.43. The minimum atomic E-state index is -0.376. The Hall–Kier alpha value is -2.56. The summed E-state index contributed by atoms with van der Waals surface area (Å²) in [6, 6.07) is 7.41. The number of rotatable bonds is 2. The molecule has 0 fully saturated rings. The number of aromatic hydroxyl groups is 2. The Balaban J connectivity index is 2.14. The molecule has 5 nitrogen and oxygen atoms in total. The molecule has 0 atom stereocenters. The number of amides is 1. The smallest absolute Gasteiger partial charge is 0.257 e. The van der Waals surface area contributed by atoms with Crippen molar-refractivity contribution < 1.29 is 15.0 Å². The lowest BCUT2D eigenvalue weighted by Gasteiger charge is -2.05. The van der Waals surface area contributed by atoms with Crippen molar-refractivity contribution in [3.05, 3.63) is 48.3 Å². The van der Waals surface area contributed by atoms with Crippen LogP contribution < -0.4 is 5.32 Å². The van der Waals surface area contributed by atoms with Gasteiger partial charge in [-0.15, -0.1) is 0 Å². The number of hydrogen-bond acceptors (Lipinski definition) is 4. The number of nitrogens with zero attached hydrogens (tertiary/aromatic N) is 1. The highest BCUT2D eigenvalue weighted by Crippen LogP contribution is 2.15. The molecular formula is C12H10N2O3. The Morgan fingerprint density at radius 2 is 1.76 bits per heavy atom. The van der Waals surface area contributed by atoms with E-state index in [0.717, 1.165) is 0 Å². The quantitative estimate of drug-likeness (QED) is 0.686. The van der Waals surface area contributed by atoms with Crippen LogP contribution in [-0.4, -0.2) is 21.1 Å². The zero-order chi connectivity index (χ0) is 12.3. The molecule has 0 saturated heterocycles. The summed E-state index contributed by atoms with van der Waals surface area (Å²) in [7, 11) is 0. The monoisotopic (exact) mass is 230 g/mol. The van der Waals surface area contributed by atoms with Gasteiger partial charge in [-0.3, -0.25) is 9.78 Å². The predicted molar refractivity (Wildman–Crippen MR) is 62.0 cm³/mol. The van der Waals surface area contributed by atoms with Gasteiger partial charge in [0.1, 0.15) is 11.5 Å². The number of aromatic nitrogens is 1. The molecule has 0 unspecified atom stereocenters. The molecule has 17 heavy (non-hydrogen) atoms. The molecule has 1 aromatic carbocycles. The SMILES string of the molecule is O=C(Nc1ccc(O)cc1)c1cncc(O)c1. The van der Waals surface area contributed by atoms with Crippen molar-refractivity contribution in [2.75, 3.05) is 5.32 Å². The summed E-state index contributed by atoms with van der Waals surface area (Å²) in [6.45, 7) is 0. The standard InChI is InChI=1S/C12H10N2O3/c15-10-3-1-9(2-4-10)14-12(17)8-5-11(16)7-13-6-8/h1-7,15-16H,(H,14,17). The first-order chi connectivity index (χ1) is 8.15. The van der Waals surface area contributed by atoms with Crippen LogP contribution in [0.4, 0.5) is 5.69 Å². The molecule has 1 amide bonds. The largest absolute Gasteiger partial charge is 0.508 e. The van der Waals surface area contributed by atoms with Crippen molar-refractivity contribution in [3.8, 4) is 11.5 Å². The van der Waals surface area contributed by atoms with Crippen molar-refractivity contribution in [2.24, 2.45) is 0 Å². The zero-order valence-electron chi connectivity index (χ0n) is 8.79. The molecule has 2 rings (SSSR count). The van der Waals surface area contributed by atoms with Gasteiger partial charge in [-0.1, -0.05) is 0 Å². The summed E-state index contributed by atoms with van der Waals surface area (Å²) in [6.07, 6.45) is 2.60. The van der Waals surface area contributed by atoms with Gasteiger partial charge in [0.15, 0.2) is 0 Å². The highest BCUT2D eigenvalue weighted by molar-refractivity contribution is 6.04. The lowest BCUT2D eigenvalue weighted by molar-refractivity contribution is 0.102. The van der Waals surface area contributed by atoms with Crippen LogP contribution >= 0.6 is 0 Å². The number of phenols is 1. The maximum absolute atomic E-state index is 11.7. The van der Waals surface area contributed by atoms with E-state index in [0.29, 0.717) is 5.69 Å². The first-order valence-corrected chi connectivity index (χ1v) is 4.89. The number of pyridine rings is 1. The second-order valence-corrected chi connectivity index (χ2v) is 3.43. The lowest BCUT2D eigenvalue weighted by atomic mass is 10.2. The van der Waals surface area contributed by atoms with Crippen molar-refractivity contribution in [2.45, 2.75) is 0 Å². The molecule has 1 heterocycles. The molecule has 3 N–H and O–H groups in total. The normalized spacial score (nSPS) is 9.88. The lowest BCUT2D eigenvalue weighted by Crippen LogP contribution is -2.11. The van der Waals surface area contributed by atoms with Crippen molar-refractivity contribution in [3.63, 3.8) is 0 Å². The van der Waals surface area contributed by atoms with E-state index in [1.807, 2.05) is 0 Å². The summed E-state index contributed by atoms with van der Waals surface area (Å²) in [5, 5.41) is 20.9. The summed E-state index contributed by atoms with van der Waals surface area (Å²) < 4.78 is 0. The molecule has 0 aliphatic heterocycles. The fraction of sp³-hybridized carbons (Fsp3) is 0. The first kappa shape index (κ1) is 10.9. The van der Waals surface area contributed by atoms with Gasteiger partial charge in [-0.2, -0.15) is 0 Å². The maximum atomic E-state index is 11.7. The van der Waals surface area contributed by atoms with Crippen LogP contribution in [0.25, 0.3) is 0 Å². The van der Waals surface area contributed by atoms with Crippen LogP contribution in [0.1, 0.15) is 10.4 Å². The first-order valence-electron chi connectivity index (χ1n) is 4.89. The highest BCUT2D eigenvalue weighted by Gasteiger charge is 2.07. The zero-order valence-corrected chi connectivity index (χ0v) is 8.79. The average Bonchev–Trinajstić information content (AvgIpc) is 2.32. The molecule has 0 radical (unpaired) electrons. The maximum Gasteiger partial charge on any atom is 0.257 e. The topological polar surface area (TPSA) is 82.5 Å². The number of hydrogen-bond donors (Lipinski definition) is 3. The van der Waals surface area contributed by atoms with Crippen LogP contribution in [0.2, 0.25) is 0 Å². The Labute approximate surface area is 97.4 Å². The van der Waals surface area contributed by atoms with Crippen LogP contribution in [0.15, 0.2) is 42.7 Å². The molecule has 0 aliphatic carbocycles. The van der Waals surface area contributed by atoms with E-state index in [9.17, 15) is 9.90 Å². The summed E-state index contributed by atoms with van der Waals surface area (Å²) >= 11 is 0. The minimum Gasteiger partial charge on any atom is -0.508 e. The molecule has 0 spiro atoms. The molecule has 86 valence electrons. The molecule has 0 saturated carbocycles. The third-order valence-corrected chi connectivity index (χ3v) is 2.11. The van der Waals surface area contributed by atoms with Gasteiger partial charge in [0, 0.05) is 11.9 Å². The van der Waals surface area contributed by atoms with Gasteiger partial charge in [0.25, 0.3) is 5.91 Å². The number of benzene rings is 1. The fourth-order valence-electron chi connectivity index (χ4n) is 1.30. The van der Waals surface area contributed by atoms with E-state index in [2.05, 4.69) is 10.3 Å². The summed E-state index contributed by atoms with van der Waals surface area (Å²) in [5.41, 5.74) is 0.814. The van der Waals surface area contributed by atoms with Crippen molar-refractivity contribution in [1.82, 2.24) is 4.98 Å². The van der Waals surface area contributed by atoms with Crippen molar-refractivity contribution >= 4 is 11.6 Å². The molecule has 1 aromatic heterocycles. The van der Waals surface area contributed by atoms with Crippen LogP contribution in [0.5, 0.6) is 11.5 Å². The molecule has 5 heteroatoms. The Morgan fingerprint density at radius 1 is 1.06 bits per heavy atom. The summed E-state index contributed by atoms with van der Waals surface area (Å²) in [4.78, 5) is 15.4. The number of carbonyl (C=O) groups is 1. The van der Waals surface area contributed by atoms with E-state index in [-0.39, 0.29) is 23.0 Å². The fourth-order valence-corrected chi connectivity index (χ4v) is 1.30. The van der Waals surface area contributed by atoms with Crippen LogP contribution in [0, 0.1) is 0 Å². The number of carbonyl (C=O) groups excluding carboxylic acids is 1. The van der Waals surface area contributed by atoms with E-state index in [1.54, 1.807) is 12.1 Å². The third kappa shape index (κ3) is 2.72. The van der Waals surface area contributed by atoms with Gasteiger partial charge in [0.05, 0.1) is 11.8 Å². The van der Waals surface area contributed by atoms with E-state index in [1.165, 1.54) is 30.6 Å². The van der Waals surface area contributed by atoms with Gasteiger partial charge >= 0.3 is 0 Å². The molecule has 0 aliphatic rings. The van der Waals surface area contributed by atoms with Crippen molar-refractivity contribution in [1.29, 1.82) is 0 Å². The van der Waals surface area contributed by atoms with Gasteiger partial charge in [0.2, 0.25) is 0 Å². The Bertz CT molecular complexity index is 538. The van der Waals surface area contributed by atoms with Gasteiger partial charge in [-0.05, 0) is 30.3 Å². The molecule has 2 aromatic rings. The van der Waals surface area contributed by atoms with E-state index >= 15 is 0 Å². The molecular weight excluding hydrogens is 220 g/mol. The van der Waals surface area contributed by atoms with Crippen LogP contribution in [-0.2, 0) is 0 Å². The summed E-state index contributed by atoms with van der Waals surface area (Å²) in [5.74, 6) is -0.315. The predicted octanol–water partition coefficient (Wildman–Crippen LogP) is 1.75.